The predicted molar refractivity (Wildman–Crippen MR) is 84.1 cm³/mol. The largest absolute Gasteiger partial charge is 0.497 e. The second-order valence-electron chi connectivity index (χ2n) is 4.41. The van der Waals surface area contributed by atoms with Crippen molar-refractivity contribution in [3.63, 3.8) is 0 Å². The van der Waals surface area contributed by atoms with Crippen molar-refractivity contribution in [1.82, 2.24) is 0 Å². The monoisotopic (exact) mass is 306 g/mol. The fourth-order valence-corrected chi connectivity index (χ4v) is 3.67. The number of methoxy groups -OCH3 is 1. The van der Waals surface area contributed by atoms with Crippen LogP contribution in [0.25, 0.3) is 0 Å². The van der Waals surface area contributed by atoms with Gasteiger partial charge in [0.1, 0.15) is 10.6 Å². The van der Waals surface area contributed by atoms with Gasteiger partial charge in [0.25, 0.3) is 10.0 Å². The van der Waals surface area contributed by atoms with Crippen molar-refractivity contribution in [3.8, 4) is 5.75 Å². The van der Waals surface area contributed by atoms with Crippen LogP contribution in [0, 0.1) is 0 Å². The number of nitrogens with zero attached hydrogens (tertiary/aromatic N) is 1. The molecule has 0 aliphatic heterocycles. The molecule has 0 aliphatic carbocycles. The van der Waals surface area contributed by atoms with E-state index in [4.69, 9.17) is 10.5 Å². The van der Waals surface area contributed by atoms with Crippen molar-refractivity contribution in [1.29, 1.82) is 0 Å². The van der Waals surface area contributed by atoms with Crippen molar-refractivity contribution in [2.24, 2.45) is 0 Å². The molecule has 2 aromatic carbocycles. The average Bonchev–Trinajstić information content (AvgIpc) is 2.48. The smallest absolute Gasteiger partial charge is 0.266 e. The van der Waals surface area contributed by atoms with Gasteiger partial charge in [-0.15, -0.1) is 0 Å². The molecular formula is C15H18N2O3S. The quantitative estimate of drug-likeness (QED) is 0.861. The van der Waals surface area contributed by atoms with E-state index < -0.39 is 10.0 Å². The molecule has 0 atom stereocenters. The van der Waals surface area contributed by atoms with E-state index in [1.54, 1.807) is 37.3 Å². The van der Waals surface area contributed by atoms with Gasteiger partial charge in [0.2, 0.25) is 0 Å². The normalized spacial score (nSPS) is 11.1. The van der Waals surface area contributed by atoms with Gasteiger partial charge in [-0.1, -0.05) is 18.2 Å². The molecule has 0 aromatic heterocycles. The molecule has 0 radical (unpaired) electrons. The number of rotatable bonds is 5. The Morgan fingerprint density at radius 2 is 1.81 bits per heavy atom. The van der Waals surface area contributed by atoms with Crippen molar-refractivity contribution in [2.45, 2.75) is 11.8 Å². The highest BCUT2D eigenvalue weighted by Gasteiger charge is 2.25. The summed E-state index contributed by atoms with van der Waals surface area (Å²) in [5.41, 5.74) is 6.64. The molecule has 2 aromatic rings. The van der Waals surface area contributed by atoms with E-state index in [0.717, 1.165) is 0 Å². The molecule has 0 bridgehead atoms. The summed E-state index contributed by atoms with van der Waals surface area (Å²) in [7, 11) is -2.20. The van der Waals surface area contributed by atoms with E-state index in [9.17, 15) is 8.42 Å². The molecule has 2 N–H and O–H groups in total. The number of sulfonamides is 1. The van der Waals surface area contributed by atoms with Gasteiger partial charge in [0.15, 0.2) is 0 Å². The molecule has 2 rings (SSSR count). The number of benzene rings is 2. The molecule has 0 fully saturated rings. The third-order valence-corrected chi connectivity index (χ3v) is 5.09. The summed E-state index contributed by atoms with van der Waals surface area (Å²) in [6.07, 6.45) is 0. The molecule has 5 nitrogen and oxygen atoms in total. The number of nitrogens with two attached hydrogens (primary N) is 1. The zero-order chi connectivity index (χ0) is 15.5. The maximum atomic E-state index is 12.8. The Morgan fingerprint density at radius 1 is 1.14 bits per heavy atom. The number of ether oxygens (including phenoxy) is 1. The summed E-state index contributed by atoms with van der Waals surface area (Å²) in [5.74, 6) is 0.522. The highest BCUT2D eigenvalue weighted by molar-refractivity contribution is 7.93. The van der Waals surface area contributed by atoms with Crippen LogP contribution < -0.4 is 14.8 Å². The van der Waals surface area contributed by atoms with Gasteiger partial charge in [0.05, 0.1) is 18.5 Å². The second kappa shape index (κ2) is 6.05. The van der Waals surface area contributed by atoms with Gasteiger partial charge in [-0.05, 0) is 31.2 Å². The van der Waals surface area contributed by atoms with Crippen LogP contribution >= 0.6 is 0 Å². The van der Waals surface area contributed by atoms with Gasteiger partial charge < -0.3 is 10.5 Å². The Kier molecular flexibility index (Phi) is 4.37. The second-order valence-corrected chi connectivity index (χ2v) is 6.24. The molecule has 0 saturated heterocycles. The zero-order valence-electron chi connectivity index (χ0n) is 12.0. The molecule has 0 unspecified atom stereocenters. The van der Waals surface area contributed by atoms with Gasteiger partial charge >= 0.3 is 0 Å². The molecular weight excluding hydrogens is 288 g/mol. The Bertz CT molecular complexity index is 715. The van der Waals surface area contributed by atoms with Crippen molar-refractivity contribution in [2.75, 3.05) is 23.7 Å². The average molecular weight is 306 g/mol. The van der Waals surface area contributed by atoms with Gasteiger partial charge in [-0.3, -0.25) is 4.31 Å². The van der Waals surface area contributed by atoms with Gasteiger partial charge in [-0.25, -0.2) is 8.42 Å². The van der Waals surface area contributed by atoms with E-state index in [1.807, 2.05) is 6.07 Å². The standard InChI is InChI=1S/C15H18N2O3S/c1-3-17(12-7-5-4-6-8-12)21(18,19)15-10-9-13(20-2)11-14(15)16/h4-11H,3,16H2,1-2H3. The Balaban J connectivity index is 2.50. The van der Waals surface area contributed by atoms with E-state index in [0.29, 0.717) is 18.0 Å². The molecule has 6 heteroatoms. The van der Waals surface area contributed by atoms with Crippen LogP contribution in [0.4, 0.5) is 11.4 Å². The molecule has 0 spiro atoms. The van der Waals surface area contributed by atoms with Crippen LogP contribution in [0.3, 0.4) is 0 Å². The topological polar surface area (TPSA) is 72.6 Å². The number of hydrogen-bond donors (Lipinski definition) is 1. The first-order valence-corrected chi connectivity index (χ1v) is 7.96. The minimum Gasteiger partial charge on any atom is -0.497 e. The lowest BCUT2D eigenvalue weighted by molar-refractivity contribution is 0.414. The Labute approximate surface area is 125 Å². The van der Waals surface area contributed by atoms with Crippen LogP contribution in [-0.4, -0.2) is 22.1 Å². The summed E-state index contributed by atoms with van der Waals surface area (Å²) in [6.45, 7) is 2.10. The van der Waals surface area contributed by atoms with Crippen molar-refractivity contribution >= 4 is 21.4 Å². The highest BCUT2D eigenvalue weighted by Crippen LogP contribution is 2.29. The first-order valence-electron chi connectivity index (χ1n) is 6.52. The van der Waals surface area contributed by atoms with Crippen molar-refractivity contribution < 1.29 is 13.2 Å². The lowest BCUT2D eigenvalue weighted by Crippen LogP contribution is -2.31. The van der Waals surface area contributed by atoms with Crippen LogP contribution in [0.2, 0.25) is 0 Å². The van der Waals surface area contributed by atoms with Crippen LogP contribution in [0.1, 0.15) is 6.92 Å². The fraction of sp³-hybridized carbons (Fsp3) is 0.200. The van der Waals surface area contributed by atoms with Gasteiger partial charge in [0, 0.05) is 12.6 Å². The summed E-state index contributed by atoms with van der Waals surface area (Å²) in [5, 5.41) is 0. The number of anilines is 2. The molecule has 112 valence electrons. The van der Waals surface area contributed by atoms with E-state index in [1.165, 1.54) is 23.5 Å². The summed E-state index contributed by atoms with van der Waals surface area (Å²) in [4.78, 5) is 0.0778. The van der Waals surface area contributed by atoms with Crippen LogP contribution in [0.15, 0.2) is 53.4 Å². The number of hydrogen-bond acceptors (Lipinski definition) is 4. The minimum atomic E-state index is -3.71. The Hall–Kier alpha value is -2.21. The first kappa shape index (κ1) is 15.2. The van der Waals surface area contributed by atoms with Crippen molar-refractivity contribution in [3.05, 3.63) is 48.5 Å². The van der Waals surface area contributed by atoms with E-state index in [2.05, 4.69) is 0 Å². The van der Waals surface area contributed by atoms with Gasteiger partial charge in [-0.2, -0.15) is 0 Å². The third-order valence-electron chi connectivity index (χ3n) is 3.12. The molecule has 0 heterocycles. The van der Waals surface area contributed by atoms with Crippen LogP contribution in [-0.2, 0) is 10.0 Å². The Morgan fingerprint density at radius 3 is 2.33 bits per heavy atom. The lowest BCUT2D eigenvalue weighted by Gasteiger charge is -2.23. The highest BCUT2D eigenvalue weighted by atomic mass is 32.2. The molecule has 0 aliphatic rings. The summed E-state index contributed by atoms with van der Waals surface area (Å²) < 4.78 is 31.9. The predicted octanol–water partition coefficient (Wildman–Crippen LogP) is 2.49. The molecule has 0 saturated carbocycles. The third kappa shape index (κ3) is 2.95. The molecule has 21 heavy (non-hydrogen) atoms. The van der Waals surface area contributed by atoms with E-state index >= 15 is 0 Å². The van der Waals surface area contributed by atoms with E-state index in [-0.39, 0.29) is 10.6 Å². The zero-order valence-corrected chi connectivity index (χ0v) is 12.8. The fourth-order valence-electron chi connectivity index (χ4n) is 2.09. The van der Waals surface area contributed by atoms with Crippen LogP contribution in [0.5, 0.6) is 5.75 Å². The SMILES string of the molecule is CCN(c1ccccc1)S(=O)(=O)c1ccc(OC)cc1N. The number of nitrogen functional groups attached to an aromatic ring is 1. The maximum Gasteiger partial charge on any atom is 0.266 e. The summed E-state index contributed by atoms with van der Waals surface area (Å²) in [6, 6.07) is 13.5. The maximum absolute atomic E-state index is 12.8. The minimum absolute atomic E-state index is 0.0778. The number of para-hydroxylation sites is 1. The summed E-state index contributed by atoms with van der Waals surface area (Å²) >= 11 is 0. The lowest BCUT2D eigenvalue weighted by atomic mass is 10.3. The molecule has 0 amide bonds. The first-order chi connectivity index (χ1) is 10.0.